The maximum atomic E-state index is 10.5. The monoisotopic (exact) mass is 272 g/mol. The largest absolute Gasteiger partial charge is 0.511 e. The first kappa shape index (κ1) is 12.0. The van der Waals surface area contributed by atoms with Crippen LogP contribution in [0.1, 0.15) is 26.3 Å². The standard InChI is InChI=1S/C11H13BrO3/c1-11(2,3)8-6-7(12)4-5-9(8)15-10(13)14/h4-6H,1-3H3,(H,13,14). The van der Waals surface area contributed by atoms with Crippen LogP contribution in [0.3, 0.4) is 0 Å². The topological polar surface area (TPSA) is 46.5 Å². The Balaban J connectivity index is 3.20. The summed E-state index contributed by atoms with van der Waals surface area (Å²) in [5.74, 6) is 0.387. The molecule has 0 bridgehead atoms. The van der Waals surface area contributed by atoms with E-state index in [2.05, 4.69) is 15.9 Å². The van der Waals surface area contributed by atoms with Gasteiger partial charge in [-0.25, -0.2) is 4.79 Å². The maximum Gasteiger partial charge on any atom is 0.511 e. The van der Waals surface area contributed by atoms with Gasteiger partial charge in [0, 0.05) is 10.0 Å². The highest BCUT2D eigenvalue weighted by Crippen LogP contribution is 2.33. The molecule has 0 aliphatic rings. The predicted molar refractivity (Wildman–Crippen MR) is 61.5 cm³/mol. The summed E-state index contributed by atoms with van der Waals surface area (Å²) in [4.78, 5) is 10.5. The van der Waals surface area contributed by atoms with Gasteiger partial charge in [-0.05, 0) is 23.6 Å². The molecule has 1 aromatic carbocycles. The lowest BCUT2D eigenvalue weighted by atomic mass is 9.86. The molecule has 15 heavy (non-hydrogen) atoms. The quantitative estimate of drug-likeness (QED) is 0.625. The van der Waals surface area contributed by atoms with E-state index in [4.69, 9.17) is 9.84 Å². The van der Waals surface area contributed by atoms with Gasteiger partial charge in [0.25, 0.3) is 0 Å². The van der Waals surface area contributed by atoms with E-state index in [1.54, 1.807) is 12.1 Å². The average Bonchev–Trinajstić information content (AvgIpc) is 2.05. The maximum absolute atomic E-state index is 10.5. The molecule has 0 heterocycles. The molecular weight excluding hydrogens is 260 g/mol. The van der Waals surface area contributed by atoms with Gasteiger partial charge in [-0.1, -0.05) is 36.7 Å². The van der Waals surface area contributed by atoms with Crippen LogP contribution in [0.15, 0.2) is 22.7 Å². The van der Waals surface area contributed by atoms with Gasteiger partial charge in [0.1, 0.15) is 5.75 Å². The molecule has 3 nitrogen and oxygen atoms in total. The van der Waals surface area contributed by atoms with E-state index in [1.807, 2.05) is 26.8 Å². The number of benzene rings is 1. The van der Waals surface area contributed by atoms with Crippen molar-refractivity contribution in [3.63, 3.8) is 0 Å². The third-order valence-corrected chi connectivity index (χ3v) is 2.44. The Morgan fingerprint density at radius 1 is 1.40 bits per heavy atom. The van der Waals surface area contributed by atoms with Crippen LogP contribution in [0, 0.1) is 0 Å². The van der Waals surface area contributed by atoms with E-state index in [-0.39, 0.29) is 5.41 Å². The van der Waals surface area contributed by atoms with Gasteiger partial charge in [-0.3, -0.25) is 0 Å². The second-order valence-electron chi connectivity index (χ2n) is 4.26. The van der Waals surface area contributed by atoms with Crippen LogP contribution in [0.2, 0.25) is 0 Å². The minimum absolute atomic E-state index is 0.158. The van der Waals surface area contributed by atoms with Crippen LogP contribution in [0.25, 0.3) is 0 Å². The zero-order chi connectivity index (χ0) is 11.6. The number of rotatable bonds is 1. The second kappa shape index (κ2) is 4.23. The van der Waals surface area contributed by atoms with Crippen molar-refractivity contribution in [3.8, 4) is 5.75 Å². The molecule has 4 heteroatoms. The van der Waals surface area contributed by atoms with Crippen molar-refractivity contribution in [1.29, 1.82) is 0 Å². The zero-order valence-corrected chi connectivity index (χ0v) is 10.5. The van der Waals surface area contributed by atoms with E-state index in [1.165, 1.54) is 0 Å². The predicted octanol–water partition coefficient (Wildman–Crippen LogP) is 3.80. The molecule has 1 rings (SSSR count). The smallest absolute Gasteiger partial charge is 0.449 e. The molecule has 0 saturated carbocycles. The third kappa shape index (κ3) is 3.23. The minimum Gasteiger partial charge on any atom is -0.449 e. The number of halogens is 1. The van der Waals surface area contributed by atoms with E-state index >= 15 is 0 Å². The summed E-state index contributed by atoms with van der Waals surface area (Å²) in [7, 11) is 0. The van der Waals surface area contributed by atoms with Crippen LogP contribution in [-0.2, 0) is 5.41 Å². The molecular formula is C11H13BrO3. The number of hydrogen-bond donors (Lipinski definition) is 1. The Morgan fingerprint density at radius 3 is 2.47 bits per heavy atom. The van der Waals surface area contributed by atoms with Crippen molar-refractivity contribution >= 4 is 22.1 Å². The lowest BCUT2D eigenvalue weighted by Crippen LogP contribution is -2.15. The molecule has 0 atom stereocenters. The molecule has 1 aromatic rings. The number of hydrogen-bond acceptors (Lipinski definition) is 2. The zero-order valence-electron chi connectivity index (χ0n) is 8.87. The van der Waals surface area contributed by atoms with E-state index in [0.717, 1.165) is 10.0 Å². The molecule has 0 radical (unpaired) electrons. The van der Waals surface area contributed by atoms with Crippen molar-refractivity contribution in [2.24, 2.45) is 0 Å². The first-order valence-electron chi connectivity index (χ1n) is 4.51. The Labute approximate surface area is 97.2 Å². The minimum atomic E-state index is -1.29. The van der Waals surface area contributed by atoms with Gasteiger partial charge >= 0.3 is 6.16 Å². The molecule has 82 valence electrons. The number of carbonyl (C=O) groups is 1. The molecule has 0 aromatic heterocycles. The van der Waals surface area contributed by atoms with Crippen LogP contribution >= 0.6 is 15.9 Å². The highest BCUT2D eigenvalue weighted by molar-refractivity contribution is 9.10. The van der Waals surface area contributed by atoms with Crippen molar-refractivity contribution in [1.82, 2.24) is 0 Å². The Kier molecular flexibility index (Phi) is 3.39. The van der Waals surface area contributed by atoms with Crippen LogP contribution in [0.4, 0.5) is 4.79 Å². The van der Waals surface area contributed by atoms with Gasteiger partial charge in [0.15, 0.2) is 0 Å². The molecule has 0 fully saturated rings. The van der Waals surface area contributed by atoms with Gasteiger partial charge in [-0.15, -0.1) is 0 Å². The Morgan fingerprint density at radius 2 is 2.00 bits per heavy atom. The number of ether oxygens (including phenoxy) is 1. The highest BCUT2D eigenvalue weighted by atomic mass is 79.9. The summed E-state index contributed by atoms with van der Waals surface area (Å²) in [5.41, 5.74) is 0.702. The van der Waals surface area contributed by atoms with E-state index < -0.39 is 6.16 Å². The SMILES string of the molecule is CC(C)(C)c1cc(Br)ccc1OC(=O)O. The molecule has 0 spiro atoms. The summed E-state index contributed by atoms with van der Waals surface area (Å²) in [6.45, 7) is 6.01. The first-order valence-corrected chi connectivity index (χ1v) is 5.31. The lowest BCUT2D eigenvalue weighted by molar-refractivity contribution is 0.143. The van der Waals surface area contributed by atoms with Gasteiger partial charge in [0.2, 0.25) is 0 Å². The van der Waals surface area contributed by atoms with Crippen LogP contribution in [-0.4, -0.2) is 11.3 Å². The van der Waals surface area contributed by atoms with E-state index in [9.17, 15) is 4.79 Å². The fourth-order valence-electron chi connectivity index (χ4n) is 1.27. The van der Waals surface area contributed by atoms with E-state index in [0.29, 0.717) is 5.75 Å². The molecule has 0 aliphatic carbocycles. The molecule has 1 N–H and O–H groups in total. The Hall–Kier alpha value is -1.03. The lowest BCUT2D eigenvalue weighted by Gasteiger charge is -2.21. The molecule has 0 unspecified atom stereocenters. The average molecular weight is 273 g/mol. The highest BCUT2D eigenvalue weighted by Gasteiger charge is 2.20. The van der Waals surface area contributed by atoms with Gasteiger partial charge in [0.05, 0.1) is 0 Å². The summed E-state index contributed by atoms with van der Waals surface area (Å²) in [6, 6.07) is 5.28. The van der Waals surface area contributed by atoms with Crippen molar-refractivity contribution in [3.05, 3.63) is 28.2 Å². The molecule has 0 amide bonds. The number of carboxylic acid groups (broad SMARTS) is 1. The summed E-state index contributed by atoms with van der Waals surface area (Å²) < 4.78 is 5.63. The second-order valence-corrected chi connectivity index (χ2v) is 5.17. The van der Waals surface area contributed by atoms with Crippen LogP contribution < -0.4 is 4.74 Å². The molecule has 0 aliphatic heterocycles. The van der Waals surface area contributed by atoms with Gasteiger partial charge < -0.3 is 9.84 Å². The van der Waals surface area contributed by atoms with Crippen molar-refractivity contribution in [2.75, 3.05) is 0 Å². The summed E-state index contributed by atoms with van der Waals surface area (Å²) in [5, 5.41) is 8.59. The summed E-state index contributed by atoms with van der Waals surface area (Å²) >= 11 is 3.35. The Bertz CT molecular complexity index is 380. The first-order chi connectivity index (χ1) is 6.80. The van der Waals surface area contributed by atoms with Crippen molar-refractivity contribution < 1.29 is 14.6 Å². The fraction of sp³-hybridized carbons (Fsp3) is 0.364. The normalized spacial score (nSPS) is 11.2. The fourth-order valence-corrected chi connectivity index (χ4v) is 1.63. The third-order valence-electron chi connectivity index (χ3n) is 1.95. The van der Waals surface area contributed by atoms with Crippen molar-refractivity contribution in [2.45, 2.75) is 26.2 Å². The summed E-state index contributed by atoms with van der Waals surface area (Å²) in [6.07, 6.45) is -1.29. The van der Waals surface area contributed by atoms with Crippen LogP contribution in [0.5, 0.6) is 5.75 Å². The van der Waals surface area contributed by atoms with Gasteiger partial charge in [-0.2, -0.15) is 0 Å². The molecule has 0 saturated heterocycles.